The van der Waals surface area contributed by atoms with Crippen molar-refractivity contribution < 1.29 is 9.13 Å². The summed E-state index contributed by atoms with van der Waals surface area (Å²) in [5.74, 6) is -0.318. The van der Waals surface area contributed by atoms with Crippen molar-refractivity contribution in [1.29, 1.82) is 0 Å². The highest BCUT2D eigenvalue weighted by atomic mass is 19.1. The fourth-order valence-corrected chi connectivity index (χ4v) is 1.95. The highest BCUT2D eigenvalue weighted by molar-refractivity contribution is 5.18. The van der Waals surface area contributed by atoms with Crippen LogP contribution in [0.5, 0.6) is 5.88 Å². The minimum absolute atomic E-state index is 0.0859. The highest BCUT2D eigenvalue weighted by Gasteiger charge is 2.10. The van der Waals surface area contributed by atoms with Crippen LogP contribution in [0, 0.1) is 5.82 Å². The first-order valence-corrected chi connectivity index (χ1v) is 5.92. The number of piperazine rings is 1. The van der Waals surface area contributed by atoms with Crippen molar-refractivity contribution in [1.82, 2.24) is 15.2 Å². The molecule has 1 saturated heterocycles. The van der Waals surface area contributed by atoms with Gasteiger partial charge in [-0.05, 0) is 12.1 Å². The van der Waals surface area contributed by atoms with E-state index in [-0.39, 0.29) is 5.88 Å². The maximum absolute atomic E-state index is 13.2. The summed E-state index contributed by atoms with van der Waals surface area (Å²) < 4.78 is 18.0. The minimum Gasteiger partial charge on any atom is -0.479 e. The van der Waals surface area contributed by atoms with Crippen LogP contribution >= 0.6 is 0 Å². The van der Waals surface area contributed by atoms with Gasteiger partial charge in [0.2, 0.25) is 5.88 Å². The number of hydrogen-bond acceptors (Lipinski definition) is 4. The highest BCUT2D eigenvalue weighted by Crippen LogP contribution is 2.13. The molecule has 0 spiro atoms. The predicted octanol–water partition coefficient (Wildman–Crippen LogP) is 0.677. The largest absolute Gasteiger partial charge is 0.479 e. The lowest BCUT2D eigenvalue weighted by molar-refractivity contribution is 0.243. The van der Waals surface area contributed by atoms with Gasteiger partial charge in [0, 0.05) is 44.8 Å². The Morgan fingerprint density at radius 2 is 2.18 bits per heavy atom. The fourth-order valence-electron chi connectivity index (χ4n) is 1.95. The summed E-state index contributed by atoms with van der Waals surface area (Å²) in [6.45, 7) is 5.18. The second-order valence-electron chi connectivity index (χ2n) is 4.14. The van der Waals surface area contributed by atoms with Crippen molar-refractivity contribution >= 4 is 0 Å². The van der Waals surface area contributed by atoms with Crippen LogP contribution in [0.3, 0.4) is 0 Å². The third kappa shape index (κ3) is 3.38. The summed E-state index contributed by atoms with van der Waals surface area (Å²) in [4.78, 5) is 6.52. The number of nitrogens with one attached hydrogen (secondary N) is 1. The van der Waals surface area contributed by atoms with Crippen molar-refractivity contribution in [2.45, 2.75) is 6.42 Å². The molecule has 2 heterocycles. The average molecular weight is 239 g/mol. The number of aromatic nitrogens is 1. The van der Waals surface area contributed by atoms with E-state index in [1.165, 1.54) is 13.2 Å². The summed E-state index contributed by atoms with van der Waals surface area (Å²) in [5, 5.41) is 3.31. The van der Waals surface area contributed by atoms with Crippen molar-refractivity contribution in [2.75, 3.05) is 39.8 Å². The van der Waals surface area contributed by atoms with Gasteiger partial charge in [0.1, 0.15) is 0 Å². The third-order valence-corrected chi connectivity index (χ3v) is 2.96. The zero-order valence-electron chi connectivity index (χ0n) is 10.1. The van der Waals surface area contributed by atoms with E-state index in [1.54, 1.807) is 6.07 Å². The Bertz CT molecular complexity index is 367. The van der Waals surface area contributed by atoms with E-state index < -0.39 is 5.82 Å². The summed E-state index contributed by atoms with van der Waals surface area (Å²) in [6, 6.07) is 3.14. The van der Waals surface area contributed by atoms with Gasteiger partial charge in [-0.1, -0.05) is 0 Å². The first kappa shape index (κ1) is 12.3. The lowest BCUT2D eigenvalue weighted by Crippen LogP contribution is -2.44. The van der Waals surface area contributed by atoms with E-state index >= 15 is 0 Å². The molecule has 0 radical (unpaired) electrons. The summed E-state index contributed by atoms with van der Waals surface area (Å²) >= 11 is 0. The van der Waals surface area contributed by atoms with Gasteiger partial charge >= 0.3 is 0 Å². The normalized spacial score (nSPS) is 17.1. The molecular formula is C12H18FN3O. The maximum Gasteiger partial charge on any atom is 0.250 e. The number of nitrogens with zero attached hydrogens (tertiary/aromatic N) is 2. The Hall–Kier alpha value is -1.20. The quantitative estimate of drug-likeness (QED) is 0.838. The molecule has 0 atom stereocenters. The van der Waals surface area contributed by atoms with Crippen LogP contribution in [0.15, 0.2) is 12.1 Å². The molecule has 0 bridgehead atoms. The molecule has 94 valence electrons. The molecule has 2 rings (SSSR count). The lowest BCUT2D eigenvalue weighted by Gasteiger charge is -2.26. The molecule has 17 heavy (non-hydrogen) atoms. The van der Waals surface area contributed by atoms with Gasteiger partial charge in [0.15, 0.2) is 5.82 Å². The van der Waals surface area contributed by atoms with Gasteiger partial charge in [-0.3, -0.25) is 0 Å². The molecule has 1 aliphatic heterocycles. The van der Waals surface area contributed by atoms with E-state index in [0.717, 1.165) is 44.8 Å². The Morgan fingerprint density at radius 1 is 1.41 bits per heavy atom. The third-order valence-electron chi connectivity index (χ3n) is 2.96. The molecule has 4 nitrogen and oxygen atoms in total. The maximum atomic E-state index is 13.2. The molecule has 1 aromatic heterocycles. The molecule has 0 aromatic carbocycles. The lowest BCUT2D eigenvalue weighted by atomic mass is 10.2. The zero-order valence-corrected chi connectivity index (χ0v) is 10.1. The van der Waals surface area contributed by atoms with Crippen LogP contribution in [0.2, 0.25) is 0 Å². The topological polar surface area (TPSA) is 37.4 Å². The van der Waals surface area contributed by atoms with Crippen LogP contribution in [-0.2, 0) is 6.42 Å². The van der Waals surface area contributed by atoms with Crippen LogP contribution in [0.25, 0.3) is 0 Å². The Kier molecular flexibility index (Phi) is 4.28. The molecule has 1 N–H and O–H groups in total. The number of ether oxygens (including phenoxy) is 1. The molecule has 1 aromatic rings. The first-order chi connectivity index (χ1) is 8.29. The van der Waals surface area contributed by atoms with Crippen molar-refractivity contribution in [3.63, 3.8) is 0 Å². The Balaban J connectivity index is 1.89. The van der Waals surface area contributed by atoms with E-state index in [1.807, 2.05) is 0 Å². The van der Waals surface area contributed by atoms with Gasteiger partial charge in [-0.2, -0.15) is 0 Å². The molecule has 5 heteroatoms. The van der Waals surface area contributed by atoms with Gasteiger partial charge in [0.05, 0.1) is 7.11 Å². The van der Waals surface area contributed by atoms with Crippen LogP contribution in [0.4, 0.5) is 4.39 Å². The molecule has 1 fully saturated rings. The number of rotatable bonds is 4. The molecule has 0 saturated carbocycles. The van der Waals surface area contributed by atoms with Crippen LogP contribution in [-0.4, -0.2) is 49.7 Å². The second kappa shape index (κ2) is 5.93. The van der Waals surface area contributed by atoms with Gasteiger partial charge < -0.3 is 15.0 Å². The zero-order chi connectivity index (χ0) is 12.1. The van der Waals surface area contributed by atoms with Crippen molar-refractivity contribution in [3.05, 3.63) is 23.6 Å². The van der Waals surface area contributed by atoms with E-state index in [9.17, 15) is 4.39 Å². The number of methoxy groups -OCH3 is 1. The van der Waals surface area contributed by atoms with Crippen LogP contribution < -0.4 is 10.1 Å². The minimum atomic E-state index is -0.404. The molecule has 1 aliphatic rings. The SMILES string of the molecule is COc1nc(CCN2CCNCC2)ccc1F. The Morgan fingerprint density at radius 3 is 2.88 bits per heavy atom. The number of pyridine rings is 1. The summed E-state index contributed by atoms with van der Waals surface area (Å²) in [6.07, 6.45) is 0.830. The number of hydrogen-bond donors (Lipinski definition) is 1. The second-order valence-corrected chi connectivity index (χ2v) is 4.14. The standard InChI is InChI=1S/C12H18FN3O/c1-17-12-11(13)3-2-10(15-12)4-7-16-8-5-14-6-9-16/h2-3,14H,4-9H2,1H3. The monoisotopic (exact) mass is 239 g/mol. The molecule has 0 amide bonds. The van der Waals surface area contributed by atoms with Gasteiger partial charge in [-0.15, -0.1) is 0 Å². The van der Waals surface area contributed by atoms with E-state index in [4.69, 9.17) is 4.74 Å². The molecule has 0 unspecified atom stereocenters. The van der Waals surface area contributed by atoms with E-state index in [2.05, 4.69) is 15.2 Å². The molecule has 0 aliphatic carbocycles. The van der Waals surface area contributed by atoms with Gasteiger partial charge in [-0.25, -0.2) is 9.37 Å². The fraction of sp³-hybridized carbons (Fsp3) is 0.583. The summed E-state index contributed by atoms with van der Waals surface area (Å²) in [5.41, 5.74) is 0.877. The predicted molar refractivity (Wildman–Crippen MR) is 63.8 cm³/mol. The van der Waals surface area contributed by atoms with Crippen molar-refractivity contribution in [2.24, 2.45) is 0 Å². The molecular weight excluding hydrogens is 221 g/mol. The van der Waals surface area contributed by atoms with Crippen molar-refractivity contribution in [3.8, 4) is 5.88 Å². The first-order valence-electron chi connectivity index (χ1n) is 5.92. The Labute approximate surface area is 101 Å². The van der Waals surface area contributed by atoms with Gasteiger partial charge in [0.25, 0.3) is 0 Å². The smallest absolute Gasteiger partial charge is 0.250 e. The van der Waals surface area contributed by atoms with E-state index in [0.29, 0.717) is 0 Å². The summed E-state index contributed by atoms with van der Waals surface area (Å²) in [7, 11) is 1.44. The average Bonchev–Trinajstić information content (AvgIpc) is 2.39. The van der Waals surface area contributed by atoms with Crippen LogP contribution in [0.1, 0.15) is 5.69 Å². The number of halogens is 1.